The van der Waals surface area contributed by atoms with Gasteiger partial charge in [0.1, 0.15) is 0 Å². The zero-order valence-electron chi connectivity index (χ0n) is 31.7. The Balaban J connectivity index is 1.12. The fourth-order valence-electron chi connectivity index (χ4n) is 8.65. The van der Waals surface area contributed by atoms with E-state index in [0.29, 0.717) is 0 Å². The molecule has 0 bridgehead atoms. The van der Waals surface area contributed by atoms with Crippen molar-refractivity contribution in [3.63, 3.8) is 0 Å². The second kappa shape index (κ2) is 14.4. The molecule has 0 unspecified atom stereocenters. The Hall–Kier alpha value is -7.26. The molecule has 272 valence electrons. The number of hydrogen-bond donors (Lipinski definition) is 0. The Labute approximate surface area is 342 Å². The van der Waals surface area contributed by atoms with Gasteiger partial charge >= 0.3 is 0 Å². The van der Waals surface area contributed by atoms with Gasteiger partial charge in [0.2, 0.25) is 0 Å². The van der Waals surface area contributed by atoms with Gasteiger partial charge in [0.15, 0.2) is 0 Å². The monoisotopic (exact) mass is 755 g/mol. The molecular formula is C56H37NS. The zero-order valence-corrected chi connectivity index (χ0v) is 32.5. The van der Waals surface area contributed by atoms with Crippen molar-refractivity contribution in [2.75, 3.05) is 4.90 Å². The van der Waals surface area contributed by atoms with Crippen LogP contribution in [-0.2, 0) is 0 Å². The van der Waals surface area contributed by atoms with Gasteiger partial charge in [-0.05, 0) is 115 Å². The molecule has 0 aliphatic heterocycles. The van der Waals surface area contributed by atoms with E-state index in [1.165, 1.54) is 86.2 Å². The van der Waals surface area contributed by atoms with Crippen LogP contribution in [0.4, 0.5) is 17.1 Å². The number of hydrogen-bond acceptors (Lipinski definition) is 2. The maximum atomic E-state index is 2.44. The number of nitrogens with zero attached hydrogens (tertiary/aromatic N) is 1. The van der Waals surface area contributed by atoms with Crippen LogP contribution in [0.15, 0.2) is 224 Å². The first kappa shape index (κ1) is 34.0. The van der Waals surface area contributed by atoms with Crippen molar-refractivity contribution in [2.24, 2.45) is 0 Å². The molecule has 0 saturated carbocycles. The molecule has 0 radical (unpaired) electrons. The summed E-state index contributed by atoms with van der Waals surface area (Å²) in [4.78, 5) is 2.44. The standard InChI is InChI=1S/C56H37NS/c1-3-13-38(14-4-1)39-25-27-40(28-26-39)44-20-11-21-45(35-44)57(47-31-34-54-53(37-47)56-49-23-10-8-18-43(49)29-33-55(56)58-54)46-30-32-51(52(36-46)42-15-5-2-6-16-42)50-24-12-19-41-17-7-9-22-48(41)50/h1-37H. The van der Waals surface area contributed by atoms with Gasteiger partial charge in [-0.1, -0.05) is 176 Å². The summed E-state index contributed by atoms with van der Waals surface area (Å²) in [6.45, 7) is 0. The fraction of sp³-hybridized carbons (Fsp3) is 0. The summed E-state index contributed by atoms with van der Waals surface area (Å²) in [6.07, 6.45) is 0. The van der Waals surface area contributed by atoms with E-state index in [4.69, 9.17) is 0 Å². The molecule has 1 heterocycles. The molecule has 0 amide bonds. The van der Waals surface area contributed by atoms with Crippen molar-refractivity contribution in [1.29, 1.82) is 0 Å². The van der Waals surface area contributed by atoms with E-state index >= 15 is 0 Å². The Kier molecular flexibility index (Phi) is 8.42. The van der Waals surface area contributed by atoms with Gasteiger partial charge in [-0.25, -0.2) is 0 Å². The maximum Gasteiger partial charge on any atom is 0.0468 e. The molecular weight excluding hydrogens is 719 g/mol. The van der Waals surface area contributed by atoms with E-state index in [1.54, 1.807) is 0 Å². The highest BCUT2D eigenvalue weighted by Gasteiger charge is 2.20. The number of fused-ring (bicyclic) bond motifs is 6. The smallest absolute Gasteiger partial charge is 0.0468 e. The maximum absolute atomic E-state index is 2.44. The Morgan fingerprint density at radius 3 is 1.62 bits per heavy atom. The van der Waals surface area contributed by atoms with E-state index in [9.17, 15) is 0 Å². The van der Waals surface area contributed by atoms with E-state index in [0.717, 1.165) is 17.1 Å². The molecule has 11 aromatic rings. The van der Waals surface area contributed by atoms with Crippen LogP contribution in [0.25, 0.3) is 86.2 Å². The molecule has 0 saturated heterocycles. The number of thiophene rings is 1. The molecule has 10 aromatic carbocycles. The third kappa shape index (κ3) is 6.03. The topological polar surface area (TPSA) is 3.24 Å². The summed E-state index contributed by atoms with van der Waals surface area (Å²) in [5, 5.41) is 7.65. The highest BCUT2D eigenvalue weighted by atomic mass is 32.1. The van der Waals surface area contributed by atoms with E-state index in [1.807, 2.05) is 11.3 Å². The first-order valence-electron chi connectivity index (χ1n) is 19.8. The summed E-state index contributed by atoms with van der Waals surface area (Å²) in [7, 11) is 0. The van der Waals surface area contributed by atoms with Crippen LogP contribution in [0.3, 0.4) is 0 Å². The van der Waals surface area contributed by atoms with E-state index in [2.05, 4.69) is 229 Å². The second-order valence-electron chi connectivity index (χ2n) is 14.9. The third-order valence-electron chi connectivity index (χ3n) is 11.5. The Morgan fingerprint density at radius 2 is 0.828 bits per heavy atom. The zero-order chi connectivity index (χ0) is 38.4. The van der Waals surface area contributed by atoms with Gasteiger partial charge in [0, 0.05) is 37.2 Å². The molecule has 1 nitrogen and oxygen atoms in total. The third-order valence-corrected chi connectivity index (χ3v) is 12.6. The van der Waals surface area contributed by atoms with Crippen molar-refractivity contribution in [2.45, 2.75) is 0 Å². The summed E-state index contributed by atoms with van der Waals surface area (Å²) in [6, 6.07) is 82.0. The van der Waals surface area contributed by atoms with Crippen LogP contribution in [0.5, 0.6) is 0 Å². The highest BCUT2D eigenvalue weighted by Crippen LogP contribution is 2.46. The second-order valence-corrected chi connectivity index (χ2v) is 16.0. The predicted octanol–water partition coefficient (Wildman–Crippen LogP) is 16.5. The average molecular weight is 756 g/mol. The molecule has 11 rings (SSSR count). The number of anilines is 3. The SMILES string of the molecule is c1ccc(-c2ccc(-c3cccc(N(c4ccc(-c5cccc6ccccc56)c(-c5ccccc5)c4)c4ccc5sc6ccc7ccccc7c6c5c4)c3)cc2)cc1. The number of rotatable bonds is 7. The highest BCUT2D eigenvalue weighted by molar-refractivity contribution is 7.26. The summed E-state index contributed by atoms with van der Waals surface area (Å²) < 4.78 is 2.60. The minimum atomic E-state index is 1.10. The van der Waals surface area contributed by atoms with E-state index in [-0.39, 0.29) is 0 Å². The van der Waals surface area contributed by atoms with Gasteiger partial charge < -0.3 is 4.90 Å². The van der Waals surface area contributed by atoms with Crippen LogP contribution in [0.1, 0.15) is 0 Å². The first-order chi connectivity index (χ1) is 28.7. The van der Waals surface area contributed by atoms with Crippen LogP contribution in [0.2, 0.25) is 0 Å². The van der Waals surface area contributed by atoms with E-state index < -0.39 is 0 Å². The van der Waals surface area contributed by atoms with Gasteiger partial charge in [-0.3, -0.25) is 0 Å². The fourth-order valence-corrected chi connectivity index (χ4v) is 9.76. The molecule has 58 heavy (non-hydrogen) atoms. The molecule has 0 N–H and O–H groups in total. The van der Waals surface area contributed by atoms with Gasteiger partial charge in [0.25, 0.3) is 0 Å². The lowest BCUT2D eigenvalue weighted by atomic mass is 9.90. The largest absolute Gasteiger partial charge is 0.310 e. The van der Waals surface area contributed by atoms with Crippen molar-refractivity contribution >= 4 is 70.1 Å². The molecule has 0 spiro atoms. The van der Waals surface area contributed by atoms with Crippen LogP contribution in [-0.4, -0.2) is 0 Å². The molecule has 0 aliphatic rings. The van der Waals surface area contributed by atoms with Gasteiger partial charge in [-0.2, -0.15) is 0 Å². The van der Waals surface area contributed by atoms with Gasteiger partial charge in [-0.15, -0.1) is 11.3 Å². The summed E-state index contributed by atoms with van der Waals surface area (Å²) in [5.74, 6) is 0. The van der Waals surface area contributed by atoms with Crippen molar-refractivity contribution in [3.05, 3.63) is 224 Å². The van der Waals surface area contributed by atoms with Crippen molar-refractivity contribution < 1.29 is 0 Å². The Morgan fingerprint density at radius 1 is 0.276 bits per heavy atom. The average Bonchev–Trinajstić information content (AvgIpc) is 3.68. The first-order valence-corrected chi connectivity index (χ1v) is 20.6. The van der Waals surface area contributed by atoms with Crippen LogP contribution in [0, 0.1) is 0 Å². The molecule has 2 heteroatoms. The predicted molar refractivity (Wildman–Crippen MR) is 251 cm³/mol. The molecule has 1 aromatic heterocycles. The molecule has 0 fully saturated rings. The van der Waals surface area contributed by atoms with Crippen LogP contribution < -0.4 is 4.90 Å². The minimum Gasteiger partial charge on any atom is -0.310 e. The minimum absolute atomic E-state index is 1.10. The van der Waals surface area contributed by atoms with Crippen molar-refractivity contribution in [1.82, 2.24) is 0 Å². The quantitative estimate of drug-likeness (QED) is 0.157. The summed E-state index contributed by atoms with van der Waals surface area (Å²) >= 11 is 1.87. The lowest BCUT2D eigenvalue weighted by molar-refractivity contribution is 1.29. The Bertz CT molecular complexity index is 3270. The lowest BCUT2D eigenvalue weighted by Gasteiger charge is -2.27. The molecule has 0 aliphatic carbocycles. The van der Waals surface area contributed by atoms with Gasteiger partial charge in [0.05, 0.1) is 0 Å². The van der Waals surface area contributed by atoms with Crippen LogP contribution >= 0.6 is 11.3 Å². The summed E-state index contributed by atoms with van der Waals surface area (Å²) in [5.41, 5.74) is 12.9. The van der Waals surface area contributed by atoms with Crippen molar-refractivity contribution in [3.8, 4) is 44.5 Å². The number of benzene rings is 10. The lowest BCUT2D eigenvalue weighted by Crippen LogP contribution is -2.10. The normalized spacial score (nSPS) is 11.4. The molecule has 0 atom stereocenters.